The molecule has 144 valence electrons. The number of benzene rings is 2. The molecule has 0 bridgehead atoms. The summed E-state index contributed by atoms with van der Waals surface area (Å²) in [5, 5.41) is 1.04. The molecule has 2 aromatic carbocycles. The van der Waals surface area contributed by atoms with Gasteiger partial charge < -0.3 is 14.5 Å². The first-order valence-corrected chi connectivity index (χ1v) is 9.83. The summed E-state index contributed by atoms with van der Waals surface area (Å²) in [5.41, 5.74) is 1.79. The summed E-state index contributed by atoms with van der Waals surface area (Å²) in [4.78, 5) is 4.35. The number of halogens is 5. The van der Waals surface area contributed by atoms with Crippen molar-refractivity contribution in [3.63, 3.8) is 0 Å². The lowest BCUT2D eigenvalue weighted by Crippen LogP contribution is -2.46. The minimum atomic E-state index is -0.234. The van der Waals surface area contributed by atoms with Crippen molar-refractivity contribution in [2.45, 2.75) is 0 Å². The van der Waals surface area contributed by atoms with Crippen molar-refractivity contribution in [2.24, 2.45) is 0 Å². The Kier molecular flexibility index (Phi) is 6.99. The topological polar surface area (TPSA) is 15.7 Å². The molecule has 1 heterocycles. The first-order valence-electron chi connectivity index (χ1n) is 8.32. The Balaban J connectivity index is 1.67. The molecule has 8 heteroatoms. The van der Waals surface area contributed by atoms with Crippen LogP contribution in [-0.4, -0.2) is 32.8 Å². The SMILES string of the molecule is Fc1ccc(N2CCN(c3c(Cl)cc(OCC=C(Cl)Cl)cc3Cl)CC2)cc1. The molecule has 1 aliphatic rings. The van der Waals surface area contributed by atoms with Gasteiger partial charge in [-0.05, 0) is 30.3 Å². The lowest BCUT2D eigenvalue weighted by atomic mass is 10.2. The largest absolute Gasteiger partial charge is 0.489 e. The van der Waals surface area contributed by atoms with E-state index < -0.39 is 0 Å². The Morgan fingerprint density at radius 2 is 1.52 bits per heavy atom. The summed E-state index contributed by atoms with van der Waals surface area (Å²) >= 11 is 24.0. The highest BCUT2D eigenvalue weighted by Gasteiger charge is 2.22. The van der Waals surface area contributed by atoms with Crippen molar-refractivity contribution in [1.82, 2.24) is 0 Å². The van der Waals surface area contributed by atoms with Crippen molar-refractivity contribution in [3.05, 3.63) is 62.8 Å². The molecule has 0 radical (unpaired) electrons. The van der Waals surface area contributed by atoms with Crippen LogP contribution in [-0.2, 0) is 0 Å². The molecule has 1 aliphatic heterocycles. The summed E-state index contributed by atoms with van der Waals surface area (Å²) in [6.45, 7) is 3.30. The van der Waals surface area contributed by atoms with Gasteiger partial charge in [-0.15, -0.1) is 0 Å². The normalized spacial score (nSPS) is 14.3. The maximum absolute atomic E-state index is 13.1. The zero-order valence-electron chi connectivity index (χ0n) is 14.3. The van der Waals surface area contributed by atoms with E-state index in [0.717, 1.165) is 37.6 Å². The van der Waals surface area contributed by atoms with E-state index in [1.807, 2.05) is 0 Å². The minimum absolute atomic E-state index is 0.142. The molecule has 27 heavy (non-hydrogen) atoms. The van der Waals surface area contributed by atoms with E-state index in [9.17, 15) is 4.39 Å². The quantitative estimate of drug-likeness (QED) is 0.543. The van der Waals surface area contributed by atoms with Crippen molar-refractivity contribution in [2.75, 3.05) is 42.6 Å². The van der Waals surface area contributed by atoms with E-state index in [1.165, 1.54) is 18.2 Å². The monoisotopic (exact) mass is 448 g/mol. The Labute approximate surface area is 177 Å². The second-order valence-corrected chi connectivity index (χ2v) is 7.81. The summed E-state index contributed by atoms with van der Waals surface area (Å²) in [6, 6.07) is 9.98. The zero-order valence-corrected chi connectivity index (χ0v) is 17.3. The van der Waals surface area contributed by atoms with Crippen LogP contribution in [0.1, 0.15) is 0 Å². The van der Waals surface area contributed by atoms with E-state index in [4.69, 9.17) is 51.1 Å². The standard InChI is InChI=1S/C19H17Cl4FN2O/c20-16-11-15(27-10-5-18(22)23)12-17(21)19(16)26-8-6-25(7-9-26)14-3-1-13(24)2-4-14/h1-5,11-12H,6-10H2. The lowest BCUT2D eigenvalue weighted by Gasteiger charge is -2.38. The van der Waals surface area contributed by atoms with Crippen molar-refractivity contribution in [3.8, 4) is 5.75 Å². The lowest BCUT2D eigenvalue weighted by molar-refractivity contribution is 0.363. The van der Waals surface area contributed by atoms with Crippen molar-refractivity contribution < 1.29 is 9.13 Å². The maximum atomic E-state index is 13.1. The first kappa shape index (κ1) is 20.4. The summed E-state index contributed by atoms with van der Waals surface area (Å²) in [7, 11) is 0. The van der Waals surface area contributed by atoms with E-state index >= 15 is 0 Å². The van der Waals surface area contributed by atoms with Gasteiger partial charge in [-0.1, -0.05) is 46.4 Å². The van der Waals surface area contributed by atoms with Gasteiger partial charge in [0.2, 0.25) is 0 Å². The number of hydrogen-bond acceptors (Lipinski definition) is 3. The fraction of sp³-hybridized carbons (Fsp3) is 0.263. The third kappa shape index (κ3) is 5.35. The van der Waals surface area contributed by atoms with Crippen LogP contribution >= 0.6 is 46.4 Å². The predicted octanol–water partition coefficient (Wildman–Crippen LogP) is 6.16. The molecule has 0 spiro atoms. The number of rotatable bonds is 5. The second-order valence-electron chi connectivity index (χ2n) is 5.99. The van der Waals surface area contributed by atoms with E-state index in [2.05, 4.69) is 9.80 Å². The van der Waals surface area contributed by atoms with Crippen LogP contribution in [0.5, 0.6) is 5.75 Å². The van der Waals surface area contributed by atoms with Crippen LogP contribution < -0.4 is 14.5 Å². The van der Waals surface area contributed by atoms with Gasteiger partial charge in [0.15, 0.2) is 0 Å². The summed E-state index contributed by atoms with van der Waals surface area (Å²) in [6.07, 6.45) is 1.54. The summed E-state index contributed by atoms with van der Waals surface area (Å²) < 4.78 is 18.8. The van der Waals surface area contributed by atoms with Crippen LogP contribution in [0, 0.1) is 5.82 Å². The average molecular weight is 450 g/mol. The Hall–Kier alpha value is -1.33. The van der Waals surface area contributed by atoms with E-state index in [1.54, 1.807) is 24.3 Å². The van der Waals surface area contributed by atoms with Gasteiger partial charge in [-0.25, -0.2) is 4.39 Å². The molecule has 0 aromatic heterocycles. The average Bonchev–Trinajstić information content (AvgIpc) is 2.62. The molecule has 0 atom stereocenters. The molecular weight excluding hydrogens is 433 g/mol. The number of hydrogen-bond donors (Lipinski definition) is 0. The number of ether oxygens (including phenoxy) is 1. The minimum Gasteiger partial charge on any atom is -0.489 e. The smallest absolute Gasteiger partial charge is 0.123 e. The highest BCUT2D eigenvalue weighted by atomic mass is 35.5. The van der Waals surface area contributed by atoms with Crippen LogP contribution in [0.2, 0.25) is 10.0 Å². The second kappa shape index (κ2) is 9.24. The Bertz CT molecular complexity index is 794. The van der Waals surface area contributed by atoms with Crippen LogP contribution in [0.15, 0.2) is 47.0 Å². The highest BCUT2D eigenvalue weighted by molar-refractivity contribution is 6.55. The number of piperazine rings is 1. The van der Waals surface area contributed by atoms with Gasteiger partial charge >= 0.3 is 0 Å². The van der Waals surface area contributed by atoms with E-state index in [-0.39, 0.29) is 16.9 Å². The van der Waals surface area contributed by atoms with Gasteiger partial charge in [-0.2, -0.15) is 0 Å². The third-order valence-corrected chi connectivity index (χ3v) is 5.15. The van der Waals surface area contributed by atoms with Crippen molar-refractivity contribution in [1.29, 1.82) is 0 Å². The molecule has 3 nitrogen and oxygen atoms in total. The molecule has 0 aliphatic carbocycles. The van der Waals surface area contributed by atoms with Gasteiger partial charge in [0.1, 0.15) is 22.7 Å². The fourth-order valence-electron chi connectivity index (χ4n) is 2.97. The third-order valence-electron chi connectivity index (χ3n) is 4.27. The molecule has 3 rings (SSSR count). The predicted molar refractivity (Wildman–Crippen MR) is 113 cm³/mol. The van der Waals surface area contributed by atoms with Crippen LogP contribution in [0.25, 0.3) is 0 Å². The molecule has 0 unspecified atom stereocenters. The molecule has 2 aromatic rings. The van der Waals surface area contributed by atoms with Crippen LogP contribution in [0.3, 0.4) is 0 Å². The molecule has 0 N–H and O–H groups in total. The van der Waals surface area contributed by atoms with Gasteiger partial charge in [0.05, 0.1) is 15.7 Å². The molecule has 1 fully saturated rings. The first-order chi connectivity index (χ1) is 12.9. The maximum Gasteiger partial charge on any atom is 0.123 e. The number of nitrogens with zero attached hydrogens (tertiary/aromatic N) is 2. The van der Waals surface area contributed by atoms with Gasteiger partial charge in [-0.3, -0.25) is 0 Å². The molecule has 0 amide bonds. The van der Waals surface area contributed by atoms with Crippen molar-refractivity contribution >= 4 is 57.8 Å². The Morgan fingerprint density at radius 1 is 0.963 bits per heavy atom. The molecule has 1 saturated heterocycles. The summed E-state index contributed by atoms with van der Waals surface area (Å²) in [5.74, 6) is 0.312. The number of anilines is 2. The zero-order chi connectivity index (χ0) is 19.4. The van der Waals surface area contributed by atoms with E-state index in [0.29, 0.717) is 15.8 Å². The van der Waals surface area contributed by atoms with Gasteiger partial charge in [0, 0.05) is 44.0 Å². The molecular formula is C19H17Cl4FN2O. The Morgan fingerprint density at radius 3 is 2.07 bits per heavy atom. The molecule has 0 saturated carbocycles. The highest BCUT2D eigenvalue weighted by Crippen LogP contribution is 2.38. The van der Waals surface area contributed by atoms with Crippen LogP contribution in [0.4, 0.5) is 15.8 Å². The fourth-order valence-corrected chi connectivity index (χ4v) is 3.80. The van der Waals surface area contributed by atoms with Gasteiger partial charge in [0.25, 0.3) is 0 Å².